The Labute approximate surface area is 83.9 Å². The number of carbonyl (C=O) groups is 1. The van der Waals surface area contributed by atoms with Gasteiger partial charge >= 0.3 is 11.2 Å². The maximum Gasteiger partial charge on any atom is 0.417 e. The van der Waals surface area contributed by atoms with Gasteiger partial charge in [-0.3, -0.25) is 0 Å². The minimum atomic E-state index is -1.26. The van der Waals surface area contributed by atoms with Gasteiger partial charge < -0.3 is 0 Å². The molecule has 0 aliphatic rings. The van der Waals surface area contributed by atoms with E-state index in [1.165, 1.54) is 12.1 Å². The molecule has 0 radical (unpaired) electrons. The topological polar surface area (TPSA) is 72.7 Å². The molecule has 0 saturated carbocycles. The molecular formula is C7H5ClN2O4. The van der Waals surface area contributed by atoms with Gasteiger partial charge in [-0.25, -0.2) is 9.63 Å². The van der Waals surface area contributed by atoms with E-state index < -0.39 is 11.2 Å². The molecule has 6 nitrogen and oxygen atoms in total. The molecule has 1 aromatic carbocycles. The third-order valence-electron chi connectivity index (χ3n) is 1.30. The highest BCUT2D eigenvalue weighted by molar-refractivity contribution is 6.35. The molecular weight excluding hydrogens is 212 g/mol. The fourth-order valence-corrected chi connectivity index (χ4v) is 0.907. The largest absolute Gasteiger partial charge is 0.417 e. The standard InChI is InChI=1S/C7H5ClN2O4/c8-9(7(11)14-10(12)13)6-4-2-1-3-5-6/h1-5H. The summed E-state index contributed by atoms with van der Waals surface area (Å²) in [7, 11) is 0. The lowest BCUT2D eigenvalue weighted by Gasteiger charge is -2.10. The van der Waals surface area contributed by atoms with Crippen molar-refractivity contribution in [2.45, 2.75) is 0 Å². The average Bonchev–Trinajstić information content (AvgIpc) is 2.17. The molecule has 14 heavy (non-hydrogen) atoms. The molecule has 1 rings (SSSR count). The maximum atomic E-state index is 10.9. The number of nitrogens with zero attached hydrogens (tertiary/aromatic N) is 2. The van der Waals surface area contributed by atoms with Crippen molar-refractivity contribution in [3.05, 3.63) is 40.4 Å². The zero-order chi connectivity index (χ0) is 10.6. The average molecular weight is 217 g/mol. The normalized spacial score (nSPS) is 9.21. The smallest absolute Gasteiger partial charge is 0.240 e. The first-order valence-corrected chi connectivity index (χ1v) is 3.82. The van der Waals surface area contributed by atoms with Crippen LogP contribution < -0.4 is 4.42 Å². The Morgan fingerprint density at radius 1 is 1.43 bits per heavy atom. The number of hydrogen-bond acceptors (Lipinski definition) is 4. The molecule has 0 heterocycles. The molecule has 1 amide bonds. The number of rotatable bonds is 2. The van der Waals surface area contributed by atoms with Gasteiger partial charge in [0.15, 0.2) is 0 Å². The predicted octanol–water partition coefficient (Wildman–Crippen LogP) is 1.98. The Morgan fingerprint density at radius 2 is 2.00 bits per heavy atom. The first kappa shape index (κ1) is 10.3. The van der Waals surface area contributed by atoms with Crippen LogP contribution in [-0.2, 0) is 4.84 Å². The van der Waals surface area contributed by atoms with Crippen LogP contribution in [0.15, 0.2) is 30.3 Å². The van der Waals surface area contributed by atoms with Gasteiger partial charge in [0.05, 0.1) is 5.69 Å². The van der Waals surface area contributed by atoms with Crippen LogP contribution >= 0.6 is 11.8 Å². The van der Waals surface area contributed by atoms with Crippen molar-refractivity contribution < 1.29 is 14.7 Å². The fraction of sp³-hybridized carbons (Fsp3) is 0. The third-order valence-corrected chi connectivity index (χ3v) is 1.63. The fourth-order valence-electron chi connectivity index (χ4n) is 0.764. The van der Waals surface area contributed by atoms with Gasteiger partial charge in [-0.1, -0.05) is 18.2 Å². The minimum Gasteiger partial charge on any atom is -0.240 e. The Morgan fingerprint density at radius 3 is 2.50 bits per heavy atom. The summed E-state index contributed by atoms with van der Waals surface area (Å²) in [4.78, 5) is 24.4. The van der Waals surface area contributed by atoms with E-state index in [4.69, 9.17) is 11.8 Å². The van der Waals surface area contributed by atoms with E-state index in [1.807, 2.05) is 0 Å². The van der Waals surface area contributed by atoms with Gasteiger partial charge in [-0.2, -0.15) is 4.42 Å². The van der Waals surface area contributed by atoms with E-state index in [1.54, 1.807) is 18.2 Å². The zero-order valence-electron chi connectivity index (χ0n) is 6.79. The first-order chi connectivity index (χ1) is 6.61. The SMILES string of the molecule is O=C(O[N+](=O)[O-])N(Cl)c1ccccc1. The zero-order valence-corrected chi connectivity index (χ0v) is 7.55. The number of amides is 1. The van der Waals surface area contributed by atoms with Crippen LogP contribution in [0.2, 0.25) is 0 Å². The summed E-state index contributed by atoms with van der Waals surface area (Å²) in [5.74, 6) is 0. The summed E-state index contributed by atoms with van der Waals surface area (Å²) in [5, 5.41) is 8.60. The second-order valence-corrected chi connectivity index (χ2v) is 2.54. The predicted molar refractivity (Wildman–Crippen MR) is 48.2 cm³/mol. The van der Waals surface area contributed by atoms with Crippen LogP contribution in [0.3, 0.4) is 0 Å². The summed E-state index contributed by atoms with van der Waals surface area (Å²) in [6.45, 7) is 0. The number of carbonyl (C=O) groups excluding carboxylic acids is 1. The Bertz CT molecular complexity index is 343. The molecule has 0 fully saturated rings. The second-order valence-electron chi connectivity index (χ2n) is 2.20. The van der Waals surface area contributed by atoms with Crippen LogP contribution in [0.5, 0.6) is 0 Å². The molecule has 0 unspecified atom stereocenters. The Balaban J connectivity index is 2.71. The van der Waals surface area contributed by atoms with Crippen LogP contribution in [0, 0.1) is 10.1 Å². The van der Waals surface area contributed by atoms with E-state index in [2.05, 4.69) is 4.84 Å². The lowest BCUT2D eigenvalue weighted by molar-refractivity contribution is -0.726. The monoisotopic (exact) mass is 216 g/mol. The summed E-state index contributed by atoms with van der Waals surface area (Å²) in [6.07, 6.45) is -1.26. The molecule has 0 aliphatic carbocycles. The lowest BCUT2D eigenvalue weighted by Crippen LogP contribution is -2.24. The lowest BCUT2D eigenvalue weighted by atomic mass is 10.3. The molecule has 0 aliphatic heterocycles. The number of benzene rings is 1. The quantitative estimate of drug-likeness (QED) is 0.430. The molecule has 0 aromatic heterocycles. The molecule has 74 valence electrons. The number of anilines is 1. The van der Waals surface area contributed by atoms with Crippen LogP contribution in [-0.4, -0.2) is 11.2 Å². The van der Waals surface area contributed by atoms with Crippen molar-refractivity contribution in [2.75, 3.05) is 4.42 Å². The number of hydrogen-bond donors (Lipinski definition) is 0. The number of para-hydroxylation sites is 1. The van der Waals surface area contributed by atoms with Crippen molar-refractivity contribution in [3.8, 4) is 0 Å². The molecule has 0 bridgehead atoms. The van der Waals surface area contributed by atoms with Crippen molar-refractivity contribution in [2.24, 2.45) is 0 Å². The highest BCUT2D eigenvalue weighted by Gasteiger charge is 2.16. The van der Waals surface area contributed by atoms with E-state index in [9.17, 15) is 14.9 Å². The van der Waals surface area contributed by atoms with Gasteiger partial charge in [0.2, 0.25) is 0 Å². The van der Waals surface area contributed by atoms with E-state index >= 15 is 0 Å². The molecule has 7 heteroatoms. The van der Waals surface area contributed by atoms with Crippen molar-refractivity contribution >= 4 is 23.6 Å². The van der Waals surface area contributed by atoms with E-state index in [0.717, 1.165) is 0 Å². The molecule has 1 aromatic rings. The summed E-state index contributed by atoms with van der Waals surface area (Å²) in [5.41, 5.74) is 0.293. The van der Waals surface area contributed by atoms with Crippen molar-refractivity contribution in [1.29, 1.82) is 0 Å². The van der Waals surface area contributed by atoms with Gasteiger partial charge in [-0.15, -0.1) is 10.1 Å². The highest BCUT2D eigenvalue weighted by atomic mass is 35.5. The summed E-state index contributed by atoms with van der Waals surface area (Å²) in [6, 6.07) is 7.99. The summed E-state index contributed by atoms with van der Waals surface area (Å²) >= 11 is 5.46. The first-order valence-electron chi connectivity index (χ1n) is 3.48. The van der Waals surface area contributed by atoms with Gasteiger partial charge in [-0.05, 0) is 12.1 Å². The number of halogens is 1. The molecule has 0 N–H and O–H groups in total. The van der Waals surface area contributed by atoms with Crippen LogP contribution in [0.25, 0.3) is 0 Å². The van der Waals surface area contributed by atoms with E-state index in [-0.39, 0.29) is 0 Å². The van der Waals surface area contributed by atoms with Gasteiger partial charge in [0.25, 0.3) is 0 Å². The van der Waals surface area contributed by atoms with Crippen molar-refractivity contribution in [1.82, 2.24) is 0 Å². The maximum absolute atomic E-state index is 10.9. The Kier molecular flexibility index (Phi) is 3.24. The van der Waals surface area contributed by atoms with Gasteiger partial charge in [0, 0.05) is 11.8 Å². The molecule has 0 atom stereocenters. The Hall–Kier alpha value is -1.82. The van der Waals surface area contributed by atoms with Gasteiger partial charge in [0.1, 0.15) is 0 Å². The third kappa shape index (κ3) is 2.60. The minimum absolute atomic E-state index is 0.293. The van der Waals surface area contributed by atoms with Crippen LogP contribution in [0.4, 0.5) is 10.5 Å². The highest BCUT2D eigenvalue weighted by Crippen LogP contribution is 2.16. The van der Waals surface area contributed by atoms with Crippen molar-refractivity contribution in [3.63, 3.8) is 0 Å². The summed E-state index contributed by atoms with van der Waals surface area (Å²) < 4.78 is 0.517. The van der Waals surface area contributed by atoms with E-state index in [0.29, 0.717) is 10.1 Å². The molecule has 0 spiro atoms. The second kappa shape index (κ2) is 4.43. The molecule has 0 saturated heterocycles. The van der Waals surface area contributed by atoms with Crippen LogP contribution in [0.1, 0.15) is 0 Å².